The highest BCUT2D eigenvalue weighted by Crippen LogP contribution is 2.29. The number of hydrogen-bond donors (Lipinski definition) is 0. The normalized spacial score (nSPS) is 13.2. The number of pyridine rings is 1. The number of fused-ring (bicyclic) bond motifs is 1. The van der Waals surface area contributed by atoms with E-state index in [1.165, 1.54) is 19.1 Å². The molecule has 0 saturated heterocycles. The molecule has 0 fully saturated rings. The summed E-state index contributed by atoms with van der Waals surface area (Å²) in [7, 11) is -6.21. The largest absolute Gasteiger partial charge is 0.430 e. The Morgan fingerprint density at radius 3 is 2.44 bits per heavy atom. The molecule has 12 heteroatoms. The van der Waals surface area contributed by atoms with Crippen molar-refractivity contribution in [2.45, 2.75) is 28.8 Å². The van der Waals surface area contributed by atoms with Gasteiger partial charge in [0.1, 0.15) is 5.75 Å². The maximum Gasteiger partial charge on any atom is 0.427 e. The molecule has 0 spiro atoms. The quantitative estimate of drug-likeness (QED) is 0.353. The predicted octanol–water partition coefficient (Wildman–Crippen LogP) is 4.23. The number of nitrogens with zero attached hydrogens (tertiary/aromatic N) is 3. The Kier molecular flexibility index (Phi) is 6.45. The third kappa shape index (κ3) is 4.55. The van der Waals surface area contributed by atoms with Crippen LogP contribution in [0.5, 0.6) is 5.75 Å². The lowest BCUT2D eigenvalue weighted by Gasteiger charge is -2.17. The van der Waals surface area contributed by atoms with Gasteiger partial charge in [-0.2, -0.15) is 8.78 Å². The van der Waals surface area contributed by atoms with Crippen molar-refractivity contribution in [2.75, 3.05) is 6.67 Å². The monoisotopic (exact) mass is 509 g/mol. The number of rotatable bonds is 8. The number of benzene rings is 2. The summed E-state index contributed by atoms with van der Waals surface area (Å²) in [4.78, 5) is 8.33. The predicted molar refractivity (Wildman–Crippen MR) is 119 cm³/mol. The molecule has 7 nitrogen and oxygen atoms in total. The number of alkyl halides is 3. The molecular weight excluding hydrogens is 491 g/mol. The van der Waals surface area contributed by atoms with E-state index < -0.39 is 33.6 Å². The van der Waals surface area contributed by atoms with Gasteiger partial charge in [0.05, 0.1) is 38.2 Å². The first-order valence-corrected chi connectivity index (χ1v) is 12.6. The lowest BCUT2D eigenvalue weighted by Crippen LogP contribution is -2.27. The highest BCUT2D eigenvalue weighted by molar-refractivity contribution is 7.91. The second-order valence-corrected chi connectivity index (χ2v) is 10.3. The van der Waals surface area contributed by atoms with Crippen molar-refractivity contribution in [3.05, 3.63) is 78.1 Å². The lowest BCUT2D eigenvalue weighted by molar-refractivity contribution is -0.186. The SMILES string of the molecule is Cc1c(OC(F)(F)CF)ccnc1CS(=O)c1nc2ccccc2n1S(=O)(=O)c1ccccc1. The highest BCUT2D eigenvalue weighted by Gasteiger charge is 2.33. The first-order valence-electron chi connectivity index (χ1n) is 9.88. The van der Waals surface area contributed by atoms with Gasteiger partial charge in [-0.3, -0.25) is 9.19 Å². The van der Waals surface area contributed by atoms with Crippen LogP contribution in [0.25, 0.3) is 11.0 Å². The summed E-state index contributed by atoms with van der Waals surface area (Å²) in [5, 5.41) is -0.244. The fraction of sp³-hybridized carbons (Fsp3) is 0.182. The summed E-state index contributed by atoms with van der Waals surface area (Å²) in [5.74, 6) is -0.659. The smallest absolute Gasteiger partial charge is 0.427 e. The molecule has 1 atom stereocenters. The van der Waals surface area contributed by atoms with Gasteiger partial charge in [0.25, 0.3) is 10.0 Å². The number of hydrogen-bond acceptors (Lipinski definition) is 6. The second kappa shape index (κ2) is 9.18. The molecule has 1 unspecified atom stereocenters. The minimum absolute atomic E-state index is 0.0189. The number of aromatic nitrogens is 3. The van der Waals surface area contributed by atoms with Gasteiger partial charge in [-0.25, -0.2) is 21.8 Å². The fourth-order valence-corrected chi connectivity index (χ4v) is 6.31. The molecule has 0 aliphatic carbocycles. The second-order valence-electron chi connectivity index (χ2n) is 7.21. The molecule has 0 N–H and O–H groups in total. The van der Waals surface area contributed by atoms with Crippen LogP contribution in [0.4, 0.5) is 13.2 Å². The standard InChI is InChI=1S/C22H18F3N3O4S2/c1-15-18(26-12-11-20(15)32-22(24,25)14-23)13-33(29)21-27-17-9-5-6-10-19(17)28(21)34(30,31)16-7-3-2-4-8-16/h2-12H,13-14H2,1H3. The van der Waals surface area contributed by atoms with Crippen molar-refractivity contribution < 1.29 is 30.5 Å². The molecule has 0 radical (unpaired) electrons. The molecule has 2 aromatic heterocycles. The van der Waals surface area contributed by atoms with E-state index in [0.717, 1.165) is 16.2 Å². The van der Waals surface area contributed by atoms with E-state index >= 15 is 0 Å². The van der Waals surface area contributed by atoms with Crippen LogP contribution in [0.1, 0.15) is 11.3 Å². The maximum absolute atomic E-state index is 13.4. The van der Waals surface area contributed by atoms with Gasteiger partial charge in [0.15, 0.2) is 6.67 Å². The van der Waals surface area contributed by atoms with E-state index in [4.69, 9.17) is 0 Å². The van der Waals surface area contributed by atoms with Crippen molar-refractivity contribution >= 4 is 31.9 Å². The van der Waals surface area contributed by atoms with Crippen molar-refractivity contribution in [1.82, 2.24) is 13.9 Å². The van der Waals surface area contributed by atoms with Crippen molar-refractivity contribution in [3.8, 4) is 5.75 Å². The minimum Gasteiger partial charge on any atom is -0.430 e. The fourth-order valence-electron chi connectivity index (χ4n) is 3.25. The first-order chi connectivity index (χ1) is 16.1. The Labute approximate surface area is 195 Å². The van der Waals surface area contributed by atoms with E-state index in [0.29, 0.717) is 5.52 Å². The van der Waals surface area contributed by atoms with Crippen LogP contribution in [-0.4, -0.2) is 39.4 Å². The van der Waals surface area contributed by atoms with Crippen LogP contribution in [0.2, 0.25) is 0 Å². The van der Waals surface area contributed by atoms with Crippen LogP contribution in [0.15, 0.2) is 76.9 Å². The van der Waals surface area contributed by atoms with E-state index in [2.05, 4.69) is 14.7 Å². The Balaban J connectivity index is 1.78. The average molecular weight is 510 g/mol. The first kappa shape index (κ1) is 23.9. The zero-order valence-electron chi connectivity index (χ0n) is 17.7. The van der Waals surface area contributed by atoms with Gasteiger partial charge in [-0.05, 0) is 37.3 Å². The zero-order valence-corrected chi connectivity index (χ0v) is 19.3. The molecule has 178 valence electrons. The number of ether oxygens (including phenoxy) is 1. The van der Waals surface area contributed by atoms with Gasteiger partial charge in [-0.15, -0.1) is 0 Å². The molecule has 4 aromatic rings. The minimum atomic E-state index is -4.16. The molecule has 0 aliphatic heterocycles. The van der Waals surface area contributed by atoms with Crippen LogP contribution in [0, 0.1) is 6.92 Å². The average Bonchev–Trinajstić information content (AvgIpc) is 3.23. The maximum atomic E-state index is 13.4. The summed E-state index contributed by atoms with van der Waals surface area (Å²) in [5.41, 5.74) is 0.785. The van der Waals surface area contributed by atoms with Crippen molar-refractivity contribution in [2.24, 2.45) is 0 Å². The molecule has 34 heavy (non-hydrogen) atoms. The van der Waals surface area contributed by atoms with Gasteiger partial charge >= 0.3 is 6.11 Å². The Morgan fingerprint density at radius 2 is 1.74 bits per heavy atom. The van der Waals surface area contributed by atoms with Gasteiger partial charge in [-0.1, -0.05) is 30.3 Å². The third-order valence-electron chi connectivity index (χ3n) is 4.92. The van der Waals surface area contributed by atoms with Crippen LogP contribution < -0.4 is 4.74 Å². The summed E-state index contributed by atoms with van der Waals surface area (Å²) in [6.07, 6.45) is -2.87. The van der Waals surface area contributed by atoms with Crippen LogP contribution in [0.3, 0.4) is 0 Å². The van der Waals surface area contributed by atoms with Crippen molar-refractivity contribution in [3.63, 3.8) is 0 Å². The van der Waals surface area contributed by atoms with E-state index in [-0.39, 0.29) is 38.3 Å². The molecule has 2 heterocycles. The molecule has 2 aromatic carbocycles. The van der Waals surface area contributed by atoms with E-state index in [9.17, 15) is 25.8 Å². The lowest BCUT2D eigenvalue weighted by atomic mass is 10.2. The Morgan fingerprint density at radius 1 is 1.06 bits per heavy atom. The molecule has 4 rings (SSSR count). The van der Waals surface area contributed by atoms with E-state index in [1.807, 2.05) is 0 Å². The molecule has 0 amide bonds. The van der Waals surface area contributed by atoms with Gasteiger partial charge < -0.3 is 4.74 Å². The third-order valence-corrected chi connectivity index (χ3v) is 7.97. The number of imidazole rings is 1. The Bertz CT molecular complexity index is 1480. The summed E-state index contributed by atoms with van der Waals surface area (Å²) in [6.45, 7) is -0.607. The van der Waals surface area contributed by atoms with Crippen LogP contribution >= 0.6 is 0 Å². The summed E-state index contributed by atoms with van der Waals surface area (Å²) in [6, 6.07) is 15.2. The highest BCUT2D eigenvalue weighted by atomic mass is 32.2. The molecular formula is C22H18F3N3O4S2. The summed E-state index contributed by atoms with van der Waals surface area (Å²) >= 11 is 0. The Hall–Kier alpha value is -3.25. The molecule has 0 aliphatic rings. The number of para-hydroxylation sites is 2. The van der Waals surface area contributed by atoms with Crippen molar-refractivity contribution in [1.29, 1.82) is 0 Å². The number of halogens is 3. The van der Waals surface area contributed by atoms with Gasteiger partial charge in [0.2, 0.25) is 5.16 Å². The van der Waals surface area contributed by atoms with E-state index in [1.54, 1.807) is 42.5 Å². The van der Waals surface area contributed by atoms with Crippen LogP contribution in [-0.2, 0) is 26.6 Å². The topological polar surface area (TPSA) is 91.2 Å². The molecule has 0 bridgehead atoms. The zero-order chi connectivity index (χ0) is 24.5. The molecule has 0 saturated carbocycles. The summed E-state index contributed by atoms with van der Waals surface area (Å²) < 4.78 is 84.8. The van der Waals surface area contributed by atoms with Gasteiger partial charge in [0, 0.05) is 11.8 Å².